The van der Waals surface area contributed by atoms with Gasteiger partial charge in [-0.05, 0) is 48.5 Å². The number of hydrogen-bond acceptors (Lipinski definition) is 4. The monoisotopic (exact) mass is 293 g/mol. The molecule has 0 unspecified atom stereocenters. The normalized spacial score (nSPS) is 14.5. The van der Waals surface area contributed by atoms with Crippen LogP contribution < -0.4 is 5.32 Å². The second kappa shape index (κ2) is 5.40. The number of carboxylic acid groups (broad SMARTS) is 1. The number of sulfone groups is 1. The molecule has 0 fully saturated rings. The third-order valence-corrected chi connectivity index (χ3v) is 6.58. The Kier molecular flexibility index (Phi) is 5.23. The summed E-state index contributed by atoms with van der Waals surface area (Å²) in [6.45, 7) is 12.0. The number of hydrogen-bond donors (Lipinski definition) is 2. The first-order chi connectivity index (χ1) is 8.15. The van der Waals surface area contributed by atoms with Crippen molar-refractivity contribution in [2.24, 2.45) is 5.41 Å². The standard InChI is InChI=1S/C13H27NO4S/c1-11(2,3)19(17,18)9-8-14-13(6,7)12(4,5)10(15)16/h14H,8-9H2,1-7H3,(H,15,16). The molecular formula is C13H27NO4S. The first-order valence-electron chi connectivity index (χ1n) is 6.36. The summed E-state index contributed by atoms with van der Waals surface area (Å²) in [4.78, 5) is 11.2. The van der Waals surface area contributed by atoms with E-state index in [-0.39, 0.29) is 12.3 Å². The van der Waals surface area contributed by atoms with Gasteiger partial charge in [-0.3, -0.25) is 4.79 Å². The molecule has 6 heteroatoms. The van der Waals surface area contributed by atoms with Crippen LogP contribution in [0, 0.1) is 5.41 Å². The predicted octanol–water partition coefficient (Wildman–Crippen LogP) is 1.68. The molecule has 0 rings (SSSR count). The lowest BCUT2D eigenvalue weighted by atomic mass is 9.74. The van der Waals surface area contributed by atoms with Gasteiger partial charge in [0.25, 0.3) is 0 Å². The van der Waals surface area contributed by atoms with Crippen molar-refractivity contribution in [3.8, 4) is 0 Å². The van der Waals surface area contributed by atoms with Crippen LogP contribution >= 0.6 is 0 Å². The Morgan fingerprint density at radius 2 is 1.47 bits per heavy atom. The predicted molar refractivity (Wildman–Crippen MR) is 77.0 cm³/mol. The number of carboxylic acids is 1. The number of aliphatic carboxylic acids is 1. The molecule has 0 saturated heterocycles. The summed E-state index contributed by atoms with van der Waals surface area (Å²) < 4.78 is 23.1. The fourth-order valence-electron chi connectivity index (χ4n) is 1.29. The lowest BCUT2D eigenvalue weighted by Crippen LogP contribution is -2.56. The zero-order valence-electron chi connectivity index (χ0n) is 13.0. The Bertz CT molecular complexity index is 430. The lowest BCUT2D eigenvalue weighted by molar-refractivity contribution is -0.151. The number of rotatable bonds is 6. The topological polar surface area (TPSA) is 83.5 Å². The summed E-state index contributed by atoms with van der Waals surface area (Å²) in [6, 6.07) is 0. The molecule has 0 aromatic rings. The molecule has 0 aromatic heterocycles. The summed E-state index contributed by atoms with van der Waals surface area (Å²) in [7, 11) is -3.20. The van der Waals surface area contributed by atoms with Gasteiger partial charge in [-0.25, -0.2) is 8.42 Å². The fraction of sp³-hybridized carbons (Fsp3) is 0.923. The van der Waals surface area contributed by atoms with Gasteiger partial charge in [0.05, 0.1) is 15.9 Å². The largest absolute Gasteiger partial charge is 0.481 e. The highest BCUT2D eigenvalue weighted by atomic mass is 32.2. The molecule has 0 saturated carbocycles. The molecule has 0 amide bonds. The second-order valence-corrected chi connectivity index (χ2v) is 9.78. The minimum atomic E-state index is -3.20. The van der Waals surface area contributed by atoms with E-state index in [4.69, 9.17) is 0 Å². The minimum absolute atomic E-state index is 0.00434. The Morgan fingerprint density at radius 1 is 1.05 bits per heavy atom. The summed E-state index contributed by atoms with van der Waals surface area (Å²) in [5, 5.41) is 12.3. The quantitative estimate of drug-likeness (QED) is 0.778. The maximum absolute atomic E-state index is 12.0. The van der Waals surface area contributed by atoms with Crippen molar-refractivity contribution in [1.29, 1.82) is 0 Å². The molecule has 0 atom stereocenters. The molecule has 114 valence electrons. The zero-order chi connectivity index (χ0) is 15.7. The summed E-state index contributed by atoms with van der Waals surface area (Å²) >= 11 is 0. The highest BCUT2D eigenvalue weighted by Crippen LogP contribution is 2.30. The van der Waals surface area contributed by atoms with Crippen LogP contribution in [0.25, 0.3) is 0 Å². The summed E-state index contributed by atoms with van der Waals surface area (Å²) in [5.41, 5.74) is -1.69. The van der Waals surface area contributed by atoms with E-state index < -0.39 is 31.5 Å². The van der Waals surface area contributed by atoms with Gasteiger partial charge in [-0.2, -0.15) is 0 Å². The first kappa shape index (κ1) is 18.4. The van der Waals surface area contributed by atoms with Crippen molar-refractivity contribution in [2.75, 3.05) is 12.3 Å². The maximum Gasteiger partial charge on any atom is 0.310 e. The average Bonchev–Trinajstić information content (AvgIpc) is 2.14. The molecule has 0 aromatic carbocycles. The third-order valence-electron chi connectivity index (χ3n) is 3.97. The molecule has 5 nitrogen and oxygen atoms in total. The summed E-state index contributed by atoms with van der Waals surface area (Å²) in [5.74, 6) is -0.918. The van der Waals surface area contributed by atoms with Crippen molar-refractivity contribution >= 4 is 15.8 Å². The van der Waals surface area contributed by atoms with Crippen molar-refractivity contribution in [2.45, 2.75) is 58.8 Å². The smallest absolute Gasteiger partial charge is 0.310 e. The first-order valence-corrected chi connectivity index (χ1v) is 8.01. The highest BCUT2D eigenvalue weighted by molar-refractivity contribution is 7.92. The van der Waals surface area contributed by atoms with Gasteiger partial charge in [0.1, 0.15) is 0 Å². The van der Waals surface area contributed by atoms with Crippen LogP contribution in [0.15, 0.2) is 0 Å². The van der Waals surface area contributed by atoms with Crippen molar-refractivity contribution in [3.63, 3.8) is 0 Å². The molecule has 0 heterocycles. The maximum atomic E-state index is 12.0. The van der Waals surface area contributed by atoms with Gasteiger partial charge in [-0.15, -0.1) is 0 Å². The van der Waals surface area contributed by atoms with E-state index in [1.54, 1.807) is 48.5 Å². The molecule has 2 N–H and O–H groups in total. The van der Waals surface area contributed by atoms with Crippen LogP contribution in [0.3, 0.4) is 0 Å². The van der Waals surface area contributed by atoms with Crippen LogP contribution in [-0.2, 0) is 14.6 Å². The van der Waals surface area contributed by atoms with Crippen LogP contribution in [0.4, 0.5) is 0 Å². The van der Waals surface area contributed by atoms with E-state index in [0.717, 1.165) is 0 Å². The average molecular weight is 293 g/mol. The molecule has 0 aliphatic heterocycles. The van der Waals surface area contributed by atoms with Crippen LogP contribution in [0.2, 0.25) is 0 Å². The van der Waals surface area contributed by atoms with Crippen molar-refractivity contribution in [3.05, 3.63) is 0 Å². The Hall–Kier alpha value is -0.620. The van der Waals surface area contributed by atoms with E-state index in [1.807, 2.05) is 0 Å². The minimum Gasteiger partial charge on any atom is -0.481 e. The van der Waals surface area contributed by atoms with Gasteiger partial charge in [0.15, 0.2) is 9.84 Å². The molecule has 0 radical (unpaired) electrons. The Labute approximate surface area is 116 Å². The number of nitrogens with one attached hydrogen (secondary N) is 1. The molecule has 0 bridgehead atoms. The van der Waals surface area contributed by atoms with Gasteiger partial charge < -0.3 is 10.4 Å². The summed E-state index contributed by atoms with van der Waals surface area (Å²) in [6.07, 6.45) is 0. The van der Waals surface area contributed by atoms with Gasteiger partial charge >= 0.3 is 5.97 Å². The second-order valence-electron chi connectivity index (χ2n) is 6.91. The fourth-order valence-corrected chi connectivity index (χ4v) is 2.28. The van der Waals surface area contributed by atoms with E-state index in [2.05, 4.69) is 5.32 Å². The third kappa shape index (κ3) is 4.18. The van der Waals surface area contributed by atoms with Crippen LogP contribution in [0.5, 0.6) is 0 Å². The van der Waals surface area contributed by atoms with Gasteiger partial charge in [-0.1, -0.05) is 0 Å². The molecule has 0 spiro atoms. The molecule has 0 aliphatic carbocycles. The van der Waals surface area contributed by atoms with Crippen molar-refractivity contribution < 1.29 is 18.3 Å². The molecule has 0 aliphatic rings. The van der Waals surface area contributed by atoms with Gasteiger partial charge in [0, 0.05) is 12.1 Å². The zero-order valence-corrected chi connectivity index (χ0v) is 13.8. The Morgan fingerprint density at radius 3 is 1.79 bits per heavy atom. The highest BCUT2D eigenvalue weighted by Gasteiger charge is 2.43. The van der Waals surface area contributed by atoms with E-state index in [9.17, 15) is 18.3 Å². The van der Waals surface area contributed by atoms with E-state index >= 15 is 0 Å². The molecular weight excluding hydrogens is 266 g/mol. The number of carbonyl (C=O) groups is 1. The molecule has 19 heavy (non-hydrogen) atoms. The van der Waals surface area contributed by atoms with Crippen LogP contribution in [-0.4, -0.2) is 42.1 Å². The van der Waals surface area contributed by atoms with Crippen LogP contribution in [0.1, 0.15) is 48.5 Å². The van der Waals surface area contributed by atoms with Gasteiger partial charge in [0.2, 0.25) is 0 Å². The van der Waals surface area contributed by atoms with E-state index in [1.165, 1.54) is 0 Å². The Balaban J connectivity index is 4.73. The lowest BCUT2D eigenvalue weighted by Gasteiger charge is -2.39. The van der Waals surface area contributed by atoms with E-state index in [0.29, 0.717) is 0 Å². The van der Waals surface area contributed by atoms with Crippen molar-refractivity contribution in [1.82, 2.24) is 5.32 Å². The SMILES string of the molecule is CC(C)(NCCS(=O)(=O)C(C)(C)C)C(C)(C)C(=O)O.